The monoisotopic (exact) mass is 483 g/mol. The van der Waals surface area contributed by atoms with Gasteiger partial charge in [-0.3, -0.25) is 14.1 Å². The first kappa shape index (κ1) is 23.6. The lowest BCUT2D eigenvalue weighted by molar-refractivity contribution is -0.123. The van der Waals surface area contributed by atoms with Crippen LogP contribution in [0, 0.1) is 0 Å². The number of aromatic nitrogens is 1. The molecule has 0 radical (unpaired) electrons. The summed E-state index contributed by atoms with van der Waals surface area (Å²) in [6.45, 7) is -1.51. The van der Waals surface area contributed by atoms with E-state index in [2.05, 4.69) is 4.98 Å². The molecule has 1 heterocycles. The van der Waals surface area contributed by atoms with E-state index in [1.165, 1.54) is 18.3 Å². The van der Waals surface area contributed by atoms with Crippen LogP contribution in [-0.4, -0.2) is 32.0 Å². The molecular formula is C21H17ClF3N3O3S. The summed E-state index contributed by atoms with van der Waals surface area (Å²) in [7, 11) is -4.09. The van der Waals surface area contributed by atoms with E-state index >= 15 is 0 Å². The smallest absolute Gasteiger partial charge is 0.343 e. The molecule has 0 aliphatic heterocycles. The van der Waals surface area contributed by atoms with Crippen molar-refractivity contribution in [3.8, 4) is 0 Å². The van der Waals surface area contributed by atoms with E-state index in [9.17, 15) is 26.4 Å². The summed E-state index contributed by atoms with van der Waals surface area (Å²) in [5.41, 5.74) is 0.887. The topological polar surface area (TPSA) is 79.4 Å². The molecule has 3 aromatic rings. The van der Waals surface area contributed by atoms with Gasteiger partial charge in [-0.05, 0) is 60.2 Å². The zero-order chi connectivity index (χ0) is 23.4. The summed E-state index contributed by atoms with van der Waals surface area (Å²) in [5.74, 6) is -0.962. The molecular weight excluding hydrogens is 467 g/mol. The van der Waals surface area contributed by atoms with Crippen LogP contribution in [0.1, 0.15) is 15.9 Å². The average molecular weight is 484 g/mol. The van der Waals surface area contributed by atoms with E-state index in [1.54, 1.807) is 47.9 Å². The Morgan fingerprint density at radius 1 is 1.03 bits per heavy atom. The fourth-order valence-corrected chi connectivity index (χ4v) is 4.35. The summed E-state index contributed by atoms with van der Waals surface area (Å²) in [6, 6.07) is 14.3. The first-order chi connectivity index (χ1) is 15.1. The molecule has 3 rings (SSSR count). The van der Waals surface area contributed by atoms with E-state index in [1.807, 2.05) is 0 Å². The van der Waals surface area contributed by atoms with Crippen LogP contribution in [0.15, 0.2) is 78.0 Å². The van der Waals surface area contributed by atoms with Crippen LogP contribution in [0.5, 0.6) is 0 Å². The molecule has 1 amide bonds. The van der Waals surface area contributed by atoms with Crippen molar-refractivity contribution < 1.29 is 26.4 Å². The van der Waals surface area contributed by atoms with Crippen molar-refractivity contribution in [3.05, 3.63) is 89.2 Å². The fourth-order valence-electron chi connectivity index (χ4n) is 2.77. The summed E-state index contributed by atoms with van der Waals surface area (Å²) >= 11 is 5.92. The van der Waals surface area contributed by atoms with Gasteiger partial charge in [-0.15, -0.1) is 0 Å². The normalized spacial score (nSPS) is 11.8. The molecule has 0 fully saturated rings. The van der Waals surface area contributed by atoms with Crippen molar-refractivity contribution in [2.75, 3.05) is 10.8 Å². The van der Waals surface area contributed by atoms with Gasteiger partial charge in [0.1, 0.15) is 6.54 Å². The molecule has 0 aliphatic rings. The zero-order valence-corrected chi connectivity index (χ0v) is 18.0. The van der Waals surface area contributed by atoms with Crippen LogP contribution in [0.3, 0.4) is 0 Å². The molecule has 0 bridgehead atoms. The summed E-state index contributed by atoms with van der Waals surface area (Å²) in [4.78, 5) is 15.8. The molecule has 6 nitrogen and oxygen atoms in total. The lowest BCUT2D eigenvalue weighted by atomic mass is 10.2. The number of anilines is 1. The highest BCUT2D eigenvalue weighted by Crippen LogP contribution is 2.27. The number of benzene rings is 2. The van der Waals surface area contributed by atoms with Crippen LogP contribution in [-0.2, 0) is 16.6 Å². The average Bonchev–Trinajstić information content (AvgIpc) is 2.77. The van der Waals surface area contributed by atoms with Gasteiger partial charge in [-0.2, -0.15) is 13.2 Å². The van der Waals surface area contributed by atoms with Crippen LogP contribution in [0.25, 0.3) is 0 Å². The first-order valence-corrected chi connectivity index (χ1v) is 11.0. The van der Waals surface area contributed by atoms with E-state index in [4.69, 9.17) is 11.6 Å². The maximum Gasteiger partial charge on any atom is 0.405 e. The molecule has 11 heteroatoms. The molecule has 2 aromatic carbocycles. The maximum absolute atomic E-state index is 13.4. The van der Waals surface area contributed by atoms with E-state index in [0.29, 0.717) is 16.3 Å². The number of carbonyl (C=O) groups excluding carboxylic acids is 1. The number of sulfonamides is 1. The highest BCUT2D eigenvalue weighted by Gasteiger charge is 2.28. The Hall–Kier alpha value is -3.11. The Labute approximate surface area is 187 Å². The largest absolute Gasteiger partial charge is 0.405 e. The van der Waals surface area contributed by atoms with Gasteiger partial charge < -0.3 is 5.32 Å². The molecule has 168 valence electrons. The Bertz CT molecular complexity index is 1170. The molecule has 0 atom stereocenters. The number of hydrogen-bond acceptors (Lipinski definition) is 4. The molecule has 0 spiro atoms. The van der Waals surface area contributed by atoms with Gasteiger partial charge in [0, 0.05) is 23.0 Å². The highest BCUT2D eigenvalue weighted by molar-refractivity contribution is 7.92. The molecule has 1 aromatic heterocycles. The van der Waals surface area contributed by atoms with Crippen LogP contribution < -0.4 is 9.62 Å². The minimum Gasteiger partial charge on any atom is -0.343 e. The number of carbonyl (C=O) groups is 1. The predicted molar refractivity (Wildman–Crippen MR) is 114 cm³/mol. The lowest BCUT2D eigenvalue weighted by Crippen LogP contribution is -2.33. The molecule has 0 saturated heterocycles. The lowest BCUT2D eigenvalue weighted by Gasteiger charge is -2.25. The Kier molecular flexibility index (Phi) is 7.05. The Morgan fingerprint density at radius 2 is 1.69 bits per heavy atom. The van der Waals surface area contributed by atoms with Gasteiger partial charge in [-0.25, -0.2) is 8.42 Å². The van der Waals surface area contributed by atoms with Gasteiger partial charge in [0.05, 0.1) is 17.1 Å². The summed E-state index contributed by atoms with van der Waals surface area (Å²) < 4.78 is 64.8. The molecule has 1 N–H and O–H groups in total. The fraction of sp³-hybridized carbons (Fsp3) is 0.143. The van der Waals surface area contributed by atoms with E-state index in [-0.39, 0.29) is 17.0 Å². The molecule has 0 unspecified atom stereocenters. The third-order valence-electron chi connectivity index (χ3n) is 4.32. The number of rotatable bonds is 7. The van der Waals surface area contributed by atoms with Gasteiger partial charge in [0.25, 0.3) is 15.9 Å². The van der Waals surface area contributed by atoms with Crippen LogP contribution in [0.4, 0.5) is 18.9 Å². The SMILES string of the molecule is O=C(NCC(F)(F)F)c1ccc(S(=O)(=O)N(Cc2cccnc2)c2ccc(Cl)cc2)cc1. The number of halogens is 4. The van der Waals surface area contributed by atoms with Crippen LogP contribution >= 0.6 is 11.6 Å². The van der Waals surface area contributed by atoms with Crippen molar-refractivity contribution in [2.24, 2.45) is 0 Å². The first-order valence-electron chi connectivity index (χ1n) is 9.18. The van der Waals surface area contributed by atoms with Crippen molar-refractivity contribution >= 4 is 33.2 Å². The Balaban J connectivity index is 1.90. The summed E-state index contributed by atoms with van der Waals surface area (Å²) in [5, 5.41) is 2.17. The van der Waals surface area contributed by atoms with Crippen molar-refractivity contribution in [2.45, 2.75) is 17.6 Å². The highest BCUT2D eigenvalue weighted by atomic mass is 35.5. The van der Waals surface area contributed by atoms with E-state index < -0.39 is 28.7 Å². The van der Waals surface area contributed by atoms with Gasteiger partial charge in [0.2, 0.25) is 0 Å². The predicted octanol–water partition coefficient (Wildman–Crippen LogP) is 4.42. The van der Waals surface area contributed by atoms with Crippen LogP contribution in [0.2, 0.25) is 5.02 Å². The second-order valence-corrected chi connectivity index (χ2v) is 8.97. The van der Waals surface area contributed by atoms with Gasteiger partial charge in [-0.1, -0.05) is 17.7 Å². The van der Waals surface area contributed by atoms with E-state index in [0.717, 1.165) is 16.4 Å². The van der Waals surface area contributed by atoms with Crippen molar-refractivity contribution in [3.63, 3.8) is 0 Å². The minimum atomic E-state index is -4.55. The van der Waals surface area contributed by atoms with Gasteiger partial charge >= 0.3 is 6.18 Å². The minimum absolute atomic E-state index is 0.0222. The molecule has 32 heavy (non-hydrogen) atoms. The molecule has 0 saturated carbocycles. The quantitative estimate of drug-likeness (QED) is 0.539. The Morgan fingerprint density at radius 3 is 2.25 bits per heavy atom. The number of pyridine rings is 1. The van der Waals surface area contributed by atoms with Crippen molar-refractivity contribution in [1.82, 2.24) is 10.3 Å². The number of nitrogens with zero attached hydrogens (tertiary/aromatic N) is 2. The molecule has 0 aliphatic carbocycles. The second-order valence-electron chi connectivity index (χ2n) is 6.67. The number of hydrogen-bond donors (Lipinski definition) is 1. The number of alkyl halides is 3. The van der Waals surface area contributed by atoms with Crippen molar-refractivity contribution in [1.29, 1.82) is 0 Å². The summed E-state index contributed by atoms with van der Waals surface area (Å²) in [6.07, 6.45) is -1.45. The third-order valence-corrected chi connectivity index (χ3v) is 6.36. The standard InChI is InChI=1S/C21H17ClF3N3O3S/c22-17-5-7-18(8-6-17)28(13-15-2-1-11-26-12-15)32(30,31)19-9-3-16(4-10-19)20(29)27-14-21(23,24)25/h1-12H,13-14H2,(H,27,29). The number of amides is 1. The van der Waals surface area contributed by atoms with Gasteiger partial charge in [0.15, 0.2) is 0 Å². The third kappa shape index (κ3) is 5.98. The maximum atomic E-state index is 13.4. The number of nitrogens with one attached hydrogen (secondary N) is 1. The zero-order valence-electron chi connectivity index (χ0n) is 16.4. The second kappa shape index (κ2) is 9.58.